The highest BCUT2D eigenvalue weighted by Gasteiger charge is 2.64. The van der Waals surface area contributed by atoms with Crippen molar-refractivity contribution in [2.24, 2.45) is 0 Å². The third-order valence-electron chi connectivity index (χ3n) is 5.06. The quantitative estimate of drug-likeness (QED) is 0.553. The third kappa shape index (κ3) is 3.51. The molecule has 3 heterocycles. The number of hydrogen-bond donors (Lipinski definition) is 1. The zero-order valence-electron chi connectivity index (χ0n) is 15.4. The molecule has 8 heteroatoms. The van der Waals surface area contributed by atoms with E-state index in [0.29, 0.717) is 0 Å². The lowest BCUT2D eigenvalue weighted by Gasteiger charge is -2.40. The van der Waals surface area contributed by atoms with Crippen LogP contribution >= 0.6 is 11.3 Å². The van der Waals surface area contributed by atoms with Gasteiger partial charge in [0.2, 0.25) is 11.4 Å². The van der Waals surface area contributed by atoms with Crippen LogP contribution in [0.1, 0.15) is 16.9 Å². The first-order chi connectivity index (χ1) is 14.0. The van der Waals surface area contributed by atoms with Gasteiger partial charge in [0.25, 0.3) is 0 Å². The van der Waals surface area contributed by atoms with E-state index in [-0.39, 0.29) is 37.5 Å². The lowest BCUT2D eigenvalue weighted by molar-refractivity contribution is -0.170. The molecule has 4 rings (SSSR count). The molecule has 1 amide bonds. The van der Waals surface area contributed by atoms with Crippen LogP contribution < -0.4 is 0 Å². The van der Waals surface area contributed by atoms with Gasteiger partial charge in [-0.2, -0.15) is 0 Å². The van der Waals surface area contributed by atoms with E-state index in [1.807, 2.05) is 35.7 Å². The van der Waals surface area contributed by atoms with Crippen molar-refractivity contribution < 1.29 is 29.0 Å². The van der Waals surface area contributed by atoms with E-state index in [2.05, 4.69) is 0 Å². The monoisotopic (exact) mass is 413 g/mol. The van der Waals surface area contributed by atoms with Crippen molar-refractivity contribution in [2.75, 3.05) is 6.61 Å². The molecule has 1 N–H and O–H groups in total. The third-order valence-corrected chi connectivity index (χ3v) is 5.93. The minimum Gasteiger partial charge on any atom is -0.479 e. The summed E-state index contributed by atoms with van der Waals surface area (Å²) in [6.07, 6.45) is 1.22. The van der Waals surface area contributed by atoms with Crippen molar-refractivity contribution in [3.63, 3.8) is 0 Å². The van der Waals surface area contributed by atoms with Crippen LogP contribution in [0.4, 0.5) is 0 Å². The summed E-state index contributed by atoms with van der Waals surface area (Å²) in [5.41, 5.74) is -0.874. The maximum Gasteiger partial charge on any atom is 0.338 e. The van der Waals surface area contributed by atoms with Crippen LogP contribution in [-0.4, -0.2) is 46.2 Å². The van der Waals surface area contributed by atoms with Crippen LogP contribution in [-0.2, 0) is 36.7 Å². The second kappa shape index (κ2) is 7.71. The number of thiophene rings is 1. The number of carboxylic acids is 1. The minimum absolute atomic E-state index is 0.0698. The number of nitrogens with zero attached hydrogens (tertiary/aromatic N) is 1. The maximum absolute atomic E-state index is 12.4. The van der Waals surface area contributed by atoms with E-state index in [4.69, 9.17) is 9.47 Å². The fourth-order valence-electron chi connectivity index (χ4n) is 3.68. The van der Waals surface area contributed by atoms with Gasteiger partial charge in [-0.1, -0.05) is 36.4 Å². The van der Waals surface area contributed by atoms with Crippen LogP contribution in [0.2, 0.25) is 0 Å². The highest BCUT2D eigenvalue weighted by Crippen LogP contribution is 2.46. The lowest BCUT2D eigenvalue weighted by atomic mass is 9.85. The zero-order chi connectivity index (χ0) is 20.4. The van der Waals surface area contributed by atoms with Crippen LogP contribution in [0.5, 0.6) is 0 Å². The molecular weight excluding hydrogens is 394 g/mol. The summed E-state index contributed by atoms with van der Waals surface area (Å²) in [4.78, 5) is 38.7. The Balaban J connectivity index is 1.55. The number of carbonyl (C=O) groups is 3. The molecule has 2 aliphatic rings. The first-order valence-electron chi connectivity index (χ1n) is 9.15. The molecule has 0 saturated carbocycles. The van der Waals surface area contributed by atoms with Gasteiger partial charge in [0.05, 0.1) is 12.8 Å². The number of aliphatic carboxylic acids is 1. The molecule has 2 saturated heterocycles. The number of rotatable bonds is 7. The van der Waals surface area contributed by atoms with Gasteiger partial charge in [0, 0.05) is 11.3 Å². The molecule has 0 bridgehead atoms. The summed E-state index contributed by atoms with van der Waals surface area (Å²) in [5.74, 6) is -1.72. The Kier molecular flexibility index (Phi) is 5.10. The van der Waals surface area contributed by atoms with E-state index >= 15 is 0 Å². The number of benzene rings is 1. The molecule has 2 atom stereocenters. The van der Waals surface area contributed by atoms with Crippen molar-refractivity contribution in [1.82, 2.24) is 4.90 Å². The molecule has 150 valence electrons. The molecule has 0 spiro atoms. The predicted molar refractivity (Wildman–Crippen MR) is 104 cm³/mol. The molecule has 0 radical (unpaired) electrons. The second-order valence-electron chi connectivity index (χ2n) is 6.88. The number of esters is 1. The van der Waals surface area contributed by atoms with Gasteiger partial charge in [-0.3, -0.25) is 14.5 Å². The van der Waals surface area contributed by atoms with Crippen molar-refractivity contribution >= 4 is 29.2 Å². The molecule has 1 aromatic heterocycles. The summed E-state index contributed by atoms with van der Waals surface area (Å²) >= 11 is 1.46. The van der Waals surface area contributed by atoms with Gasteiger partial charge in [0.1, 0.15) is 12.4 Å². The number of carboxylic acid groups (broad SMARTS) is 1. The lowest BCUT2D eigenvalue weighted by Crippen LogP contribution is -2.63. The van der Waals surface area contributed by atoms with E-state index in [0.717, 1.165) is 10.4 Å². The molecule has 1 aromatic carbocycles. The standard InChI is InChI=1S/C21H19NO6S/c23-17-12-18-22(17)21(20(25)26,13-14-5-2-1-3-6-14)16(28-18)8-9-27-19(24)11-15-7-4-10-29-15/h1-8,10,18H,9,11-13H2,(H,25,26)/b16-8-/t18-,21-/m1/s1. The highest BCUT2D eigenvalue weighted by atomic mass is 32.1. The van der Waals surface area contributed by atoms with E-state index < -0.39 is 23.7 Å². The Hall–Kier alpha value is -3.13. The molecule has 0 aliphatic carbocycles. The molecule has 2 aromatic rings. The summed E-state index contributed by atoms with van der Waals surface area (Å²) in [7, 11) is 0. The Morgan fingerprint density at radius 2 is 2.07 bits per heavy atom. The van der Waals surface area contributed by atoms with E-state index in [1.165, 1.54) is 22.3 Å². The number of fused-ring (bicyclic) bond motifs is 1. The van der Waals surface area contributed by atoms with Gasteiger partial charge >= 0.3 is 11.9 Å². The first kappa shape index (κ1) is 19.2. The largest absolute Gasteiger partial charge is 0.479 e. The maximum atomic E-state index is 12.4. The molecule has 7 nitrogen and oxygen atoms in total. The van der Waals surface area contributed by atoms with Gasteiger partial charge < -0.3 is 14.6 Å². The van der Waals surface area contributed by atoms with Crippen LogP contribution in [0.3, 0.4) is 0 Å². The fraction of sp³-hybridized carbons (Fsp3) is 0.286. The van der Waals surface area contributed by atoms with Crippen molar-refractivity contribution in [1.29, 1.82) is 0 Å². The minimum atomic E-state index is -1.64. The highest BCUT2D eigenvalue weighted by molar-refractivity contribution is 7.10. The Morgan fingerprint density at radius 3 is 2.72 bits per heavy atom. The number of ether oxygens (including phenoxy) is 2. The fourth-order valence-corrected chi connectivity index (χ4v) is 4.37. The summed E-state index contributed by atoms with van der Waals surface area (Å²) in [6.45, 7) is -0.127. The van der Waals surface area contributed by atoms with Gasteiger partial charge in [-0.15, -0.1) is 11.3 Å². The number of carbonyl (C=O) groups excluding carboxylic acids is 2. The van der Waals surface area contributed by atoms with Gasteiger partial charge in [-0.05, 0) is 23.1 Å². The first-order valence-corrected chi connectivity index (χ1v) is 10.0. The SMILES string of the molecule is O=C(Cc1cccs1)OC/C=C1\O[C@@H]2CC(=O)N2[C@@]1(Cc1ccccc1)C(=O)O. The predicted octanol–water partition coefficient (Wildman–Crippen LogP) is 2.37. The summed E-state index contributed by atoms with van der Waals surface area (Å²) < 4.78 is 11.0. The Morgan fingerprint density at radius 1 is 1.28 bits per heavy atom. The average Bonchev–Trinajstić information content (AvgIpc) is 3.27. The number of β-lactam (4-membered cyclic amide) rings is 1. The van der Waals surface area contributed by atoms with Crippen LogP contribution in [0, 0.1) is 0 Å². The van der Waals surface area contributed by atoms with Crippen molar-refractivity contribution in [2.45, 2.75) is 31.0 Å². The van der Waals surface area contributed by atoms with E-state index in [9.17, 15) is 19.5 Å². The second-order valence-corrected chi connectivity index (χ2v) is 7.91. The Labute approximate surface area is 171 Å². The van der Waals surface area contributed by atoms with E-state index in [1.54, 1.807) is 12.1 Å². The zero-order valence-corrected chi connectivity index (χ0v) is 16.3. The molecule has 0 unspecified atom stereocenters. The average molecular weight is 413 g/mol. The molecular formula is C21H19NO6S. The van der Waals surface area contributed by atoms with Crippen molar-refractivity contribution in [3.8, 4) is 0 Å². The normalized spacial score (nSPS) is 24.0. The van der Waals surface area contributed by atoms with Gasteiger partial charge in [0.15, 0.2) is 6.23 Å². The number of amides is 1. The molecule has 2 aliphatic heterocycles. The molecule has 29 heavy (non-hydrogen) atoms. The Bertz CT molecular complexity index is 955. The molecule has 2 fully saturated rings. The van der Waals surface area contributed by atoms with Crippen molar-refractivity contribution in [3.05, 3.63) is 70.1 Å². The summed E-state index contributed by atoms with van der Waals surface area (Å²) in [6, 6.07) is 12.8. The smallest absolute Gasteiger partial charge is 0.338 e. The van der Waals surface area contributed by atoms with Gasteiger partial charge in [-0.25, -0.2) is 4.79 Å². The van der Waals surface area contributed by atoms with Crippen LogP contribution in [0.25, 0.3) is 0 Å². The number of hydrogen-bond acceptors (Lipinski definition) is 6. The van der Waals surface area contributed by atoms with Crippen LogP contribution in [0.15, 0.2) is 59.7 Å². The topological polar surface area (TPSA) is 93.1 Å². The summed E-state index contributed by atoms with van der Waals surface area (Å²) in [5, 5.41) is 12.0.